The summed E-state index contributed by atoms with van der Waals surface area (Å²) in [7, 11) is 1.69. The molecule has 2 aromatic carbocycles. The summed E-state index contributed by atoms with van der Waals surface area (Å²) in [6, 6.07) is 14.6. The molecule has 3 rings (SSSR count). The third-order valence-corrected chi connectivity index (χ3v) is 4.33. The van der Waals surface area contributed by atoms with Gasteiger partial charge in [-0.3, -0.25) is 4.98 Å². The number of anilines is 1. The van der Waals surface area contributed by atoms with E-state index in [1.54, 1.807) is 7.11 Å². The number of rotatable bonds is 5. The number of pyridine rings is 1. The Bertz CT molecular complexity index is 810. The second-order valence-corrected chi connectivity index (χ2v) is 5.79. The first-order valence-electron chi connectivity index (χ1n) is 7.91. The molecule has 3 aromatic rings. The molecule has 23 heavy (non-hydrogen) atoms. The maximum absolute atomic E-state index is 5.19. The van der Waals surface area contributed by atoms with Gasteiger partial charge in [-0.05, 0) is 55.2 Å². The molecule has 0 atom stereocenters. The van der Waals surface area contributed by atoms with Crippen molar-refractivity contribution in [2.24, 2.45) is 0 Å². The van der Waals surface area contributed by atoms with Crippen LogP contribution in [0.15, 0.2) is 48.7 Å². The van der Waals surface area contributed by atoms with Crippen LogP contribution >= 0.6 is 0 Å². The van der Waals surface area contributed by atoms with E-state index in [2.05, 4.69) is 48.4 Å². The first-order chi connectivity index (χ1) is 11.2. The molecule has 3 heteroatoms. The van der Waals surface area contributed by atoms with Gasteiger partial charge in [-0.15, -0.1) is 0 Å². The number of aromatic nitrogens is 1. The van der Waals surface area contributed by atoms with Crippen LogP contribution in [-0.2, 0) is 6.42 Å². The third-order valence-electron chi connectivity index (χ3n) is 4.33. The van der Waals surface area contributed by atoms with Crippen LogP contribution in [0.2, 0.25) is 0 Å². The minimum atomic E-state index is 0.887. The summed E-state index contributed by atoms with van der Waals surface area (Å²) in [4.78, 5) is 4.53. The minimum absolute atomic E-state index is 0.887. The van der Waals surface area contributed by atoms with Gasteiger partial charge in [0.1, 0.15) is 5.75 Å². The average Bonchev–Trinajstić information content (AvgIpc) is 2.59. The quantitative estimate of drug-likeness (QED) is 0.753. The highest BCUT2D eigenvalue weighted by Crippen LogP contribution is 2.25. The molecule has 0 saturated carbocycles. The Morgan fingerprint density at radius 1 is 1.00 bits per heavy atom. The molecule has 0 spiro atoms. The standard InChI is InChI=1S/C20H22N2O/c1-14-4-9-18-19(11-13-22-20(18)15(14)2)21-12-10-16-5-7-17(23-3)8-6-16/h4-9,11,13H,10,12H2,1-3H3,(H,21,22). The molecule has 0 aliphatic rings. The second-order valence-electron chi connectivity index (χ2n) is 5.79. The van der Waals surface area contributed by atoms with E-state index in [9.17, 15) is 0 Å². The molecule has 0 fully saturated rings. The lowest BCUT2D eigenvalue weighted by atomic mass is 10.0. The molecule has 3 nitrogen and oxygen atoms in total. The molecule has 0 bridgehead atoms. The van der Waals surface area contributed by atoms with E-state index in [0.29, 0.717) is 0 Å². The SMILES string of the molecule is COc1ccc(CCNc2ccnc3c(C)c(C)ccc23)cc1. The summed E-state index contributed by atoms with van der Waals surface area (Å²) < 4.78 is 5.19. The van der Waals surface area contributed by atoms with Crippen LogP contribution in [0.3, 0.4) is 0 Å². The van der Waals surface area contributed by atoms with Crippen LogP contribution in [0.25, 0.3) is 10.9 Å². The van der Waals surface area contributed by atoms with Crippen molar-refractivity contribution in [3.05, 3.63) is 65.4 Å². The van der Waals surface area contributed by atoms with Crippen molar-refractivity contribution in [3.8, 4) is 5.75 Å². The monoisotopic (exact) mass is 306 g/mol. The maximum atomic E-state index is 5.19. The highest BCUT2D eigenvalue weighted by atomic mass is 16.5. The summed E-state index contributed by atoms with van der Waals surface area (Å²) in [5.41, 5.74) is 6.05. The van der Waals surface area contributed by atoms with Crippen LogP contribution in [-0.4, -0.2) is 18.6 Å². The number of nitrogens with one attached hydrogen (secondary N) is 1. The number of benzene rings is 2. The van der Waals surface area contributed by atoms with E-state index in [1.807, 2.05) is 24.4 Å². The largest absolute Gasteiger partial charge is 0.497 e. The van der Waals surface area contributed by atoms with Gasteiger partial charge in [0.15, 0.2) is 0 Å². The Labute approximate surface area is 137 Å². The summed E-state index contributed by atoms with van der Waals surface area (Å²) in [5, 5.41) is 4.73. The molecule has 118 valence electrons. The van der Waals surface area contributed by atoms with Crippen LogP contribution < -0.4 is 10.1 Å². The van der Waals surface area contributed by atoms with Gasteiger partial charge in [-0.25, -0.2) is 0 Å². The van der Waals surface area contributed by atoms with Crippen LogP contribution in [0.4, 0.5) is 5.69 Å². The summed E-state index contributed by atoms with van der Waals surface area (Å²) in [6.07, 6.45) is 2.85. The summed E-state index contributed by atoms with van der Waals surface area (Å²) in [5.74, 6) is 0.896. The molecule has 0 saturated heterocycles. The fourth-order valence-corrected chi connectivity index (χ4v) is 2.75. The Hall–Kier alpha value is -2.55. The van der Waals surface area contributed by atoms with E-state index in [0.717, 1.165) is 29.9 Å². The zero-order valence-corrected chi connectivity index (χ0v) is 13.9. The Morgan fingerprint density at radius 3 is 2.52 bits per heavy atom. The van der Waals surface area contributed by atoms with Gasteiger partial charge in [0, 0.05) is 23.8 Å². The topological polar surface area (TPSA) is 34.1 Å². The van der Waals surface area contributed by atoms with Gasteiger partial charge in [0.2, 0.25) is 0 Å². The van der Waals surface area contributed by atoms with Crippen LogP contribution in [0, 0.1) is 13.8 Å². The minimum Gasteiger partial charge on any atom is -0.497 e. The first kappa shape index (κ1) is 15.3. The van der Waals surface area contributed by atoms with Gasteiger partial charge >= 0.3 is 0 Å². The predicted molar refractivity (Wildman–Crippen MR) is 96.4 cm³/mol. The molecular formula is C20H22N2O. The fraction of sp³-hybridized carbons (Fsp3) is 0.250. The molecular weight excluding hydrogens is 284 g/mol. The molecule has 0 unspecified atom stereocenters. The van der Waals surface area contributed by atoms with Gasteiger partial charge in [-0.2, -0.15) is 0 Å². The van der Waals surface area contributed by atoms with Crippen molar-refractivity contribution >= 4 is 16.6 Å². The van der Waals surface area contributed by atoms with Gasteiger partial charge in [0.25, 0.3) is 0 Å². The highest BCUT2D eigenvalue weighted by molar-refractivity contribution is 5.93. The Morgan fingerprint density at radius 2 is 1.78 bits per heavy atom. The van der Waals surface area contributed by atoms with E-state index < -0.39 is 0 Å². The van der Waals surface area contributed by atoms with Crippen molar-refractivity contribution in [2.45, 2.75) is 20.3 Å². The maximum Gasteiger partial charge on any atom is 0.118 e. The van der Waals surface area contributed by atoms with E-state index in [4.69, 9.17) is 4.74 Å². The zero-order chi connectivity index (χ0) is 16.2. The zero-order valence-electron chi connectivity index (χ0n) is 13.9. The summed E-state index contributed by atoms with van der Waals surface area (Å²) in [6.45, 7) is 5.14. The second kappa shape index (κ2) is 6.69. The lowest BCUT2D eigenvalue weighted by Gasteiger charge is -2.12. The Balaban J connectivity index is 1.73. The Kier molecular flexibility index (Phi) is 4.47. The van der Waals surface area contributed by atoms with Crippen molar-refractivity contribution in [3.63, 3.8) is 0 Å². The number of methoxy groups -OCH3 is 1. The molecule has 1 heterocycles. The number of nitrogens with zero attached hydrogens (tertiary/aromatic N) is 1. The number of fused-ring (bicyclic) bond motifs is 1. The molecule has 0 amide bonds. The van der Waals surface area contributed by atoms with Crippen LogP contribution in [0.1, 0.15) is 16.7 Å². The number of hydrogen-bond acceptors (Lipinski definition) is 3. The number of ether oxygens (including phenoxy) is 1. The molecule has 1 aromatic heterocycles. The summed E-state index contributed by atoms with van der Waals surface area (Å²) >= 11 is 0. The van der Waals surface area contributed by atoms with Crippen molar-refractivity contribution in [2.75, 3.05) is 19.0 Å². The van der Waals surface area contributed by atoms with E-state index in [-0.39, 0.29) is 0 Å². The van der Waals surface area contributed by atoms with Crippen LogP contribution in [0.5, 0.6) is 5.75 Å². The van der Waals surface area contributed by atoms with E-state index >= 15 is 0 Å². The lowest BCUT2D eigenvalue weighted by molar-refractivity contribution is 0.414. The average molecular weight is 306 g/mol. The number of aryl methyl sites for hydroxylation is 2. The van der Waals surface area contributed by atoms with Gasteiger partial charge < -0.3 is 10.1 Å². The normalized spacial score (nSPS) is 10.7. The van der Waals surface area contributed by atoms with E-state index in [1.165, 1.54) is 22.1 Å². The van der Waals surface area contributed by atoms with Gasteiger partial charge in [0.05, 0.1) is 12.6 Å². The lowest BCUT2D eigenvalue weighted by Crippen LogP contribution is -2.05. The van der Waals surface area contributed by atoms with Crippen molar-refractivity contribution < 1.29 is 4.74 Å². The highest BCUT2D eigenvalue weighted by Gasteiger charge is 2.05. The fourth-order valence-electron chi connectivity index (χ4n) is 2.75. The van der Waals surface area contributed by atoms with Gasteiger partial charge in [-0.1, -0.05) is 24.3 Å². The molecule has 0 aliphatic carbocycles. The third kappa shape index (κ3) is 3.29. The predicted octanol–water partition coefficient (Wildman–Crippen LogP) is 4.51. The first-order valence-corrected chi connectivity index (χ1v) is 7.91. The smallest absolute Gasteiger partial charge is 0.118 e. The molecule has 0 radical (unpaired) electrons. The molecule has 0 aliphatic heterocycles. The van der Waals surface area contributed by atoms with Crippen molar-refractivity contribution in [1.82, 2.24) is 4.98 Å². The van der Waals surface area contributed by atoms with Crippen molar-refractivity contribution in [1.29, 1.82) is 0 Å². The molecule has 1 N–H and O–H groups in total. The number of hydrogen-bond donors (Lipinski definition) is 1.